The molecule has 1 aliphatic carbocycles. The van der Waals surface area contributed by atoms with Crippen molar-refractivity contribution < 1.29 is 0 Å². The Morgan fingerprint density at radius 3 is 2.84 bits per heavy atom. The van der Waals surface area contributed by atoms with Crippen LogP contribution in [0.1, 0.15) is 38.2 Å². The fourth-order valence-electron chi connectivity index (χ4n) is 3.33. The molecule has 0 amide bonds. The highest BCUT2D eigenvalue weighted by molar-refractivity contribution is 5.83. The van der Waals surface area contributed by atoms with Gasteiger partial charge in [0.25, 0.3) is 0 Å². The molecule has 1 aromatic carbocycles. The zero-order valence-corrected chi connectivity index (χ0v) is 11.9. The summed E-state index contributed by atoms with van der Waals surface area (Å²) in [5, 5.41) is 5.08. The van der Waals surface area contributed by atoms with E-state index in [1.807, 2.05) is 0 Å². The van der Waals surface area contributed by atoms with Crippen LogP contribution in [-0.4, -0.2) is 17.2 Å². The van der Waals surface area contributed by atoms with Gasteiger partial charge in [0.1, 0.15) is 0 Å². The molecule has 2 heteroatoms. The molecule has 1 heterocycles. The van der Waals surface area contributed by atoms with Crippen molar-refractivity contribution in [2.45, 2.75) is 51.6 Å². The molecule has 3 rings (SSSR count). The molecule has 1 N–H and O–H groups in total. The molecule has 0 unspecified atom stereocenters. The molecule has 0 saturated heterocycles. The van der Waals surface area contributed by atoms with Crippen LogP contribution >= 0.6 is 0 Å². The zero-order valence-electron chi connectivity index (χ0n) is 11.9. The van der Waals surface area contributed by atoms with Crippen LogP contribution in [-0.2, 0) is 13.0 Å². The van der Waals surface area contributed by atoms with Gasteiger partial charge in [-0.2, -0.15) is 0 Å². The molecule has 1 fully saturated rings. The predicted octanol–water partition coefficient (Wildman–Crippen LogP) is 3.74. The van der Waals surface area contributed by atoms with Crippen molar-refractivity contribution in [2.75, 3.05) is 6.54 Å². The first-order valence-corrected chi connectivity index (χ1v) is 7.68. The van der Waals surface area contributed by atoms with Gasteiger partial charge in [-0.3, -0.25) is 0 Å². The minimum Gasteiger partial charge on any atom is -0.346 e. The molecule has 1 aliphatic rings. The maximum atomic E-state index is 3.70. The molecule has 102 valence electrons. The fourth-order valence-corrected chi connectivity index (χ4v) is 3.33. The van der Waals surface area contributed by atoms with E-state index < -0.39 is 0 Å². The SMILES string of the molecule is CCc1cccc2ccn(CCNC3CCCC3)c12. The quantitative estimate of drug-likeness (QED) is 0.862. The Balaban J connectivity index is 1.70. The number of nitrogens with one attached hydrogen (secondary N) is 1. The predicted molar refractivity (Wildman–Crippen MR) is 81.6 cm³/mol. The zero-order chi connectivity index (χ0) is 13.1. The minimum atomic E-state index is 0.771. The first-order valence-electron chi connectivity index (χ1n) is 7.68. The van der Waals surface area contributed by atoms with E-state index in [0.29, 0.717) is 0 Å². The summed E-state index contributed by atoms with van der Waals surface area (Å²) in [5.74, 6) is 0. The maximum absolute atomic E-state index is 3.70. The smallest absolute Gasteiger partial charge is 0.0513 e. The summed E-state index contributed by atoms with van der Waals surface area (Å²) in [4.78, 5) is 0. The van der Waals surface area contributed by atoms with Crippen molar-refractivity contribution in [1.82, 2.24) is 9.88 Å². The highest BCUT2D eigenvalue weighted by Gasteiger charge is 2.13. The number of hydrogen-bond acceptors (Lipinski definition) is 1. The van der Waals surface area contributed by atoms with Gasteiger partial charge in [-0.25, -0.2) is 0 Å². The lowest BCUT2D eigenvalue weighted by molar-refractivity contribution is 0.500. The van der Waals surface area contributed by atoms with E-state index in [-0.39, 0.29) is 0 Å². The number of para-hydroxylation sites is 1. The van der Waals surface area contributed by atoms with Crippen LogP contribution in [0.25, 0.3) is 10.9 Å². The van der Waals surface area contributed by atoms with Gasteiger partial charge in [-0.1, -0.05) is 38.0 Å². The second-order valence-electron chi connectivity index (χ2n) is 5.65. The number of hydrogen-bond donors (Lipinski definition) is 1. The Bertz CT molecular complexity index is 535. The van der Waals surface area contributed by atoms with Crippen molar-refractivity contribution in [3.63, 3.8) is 0 Å². The van der Waals surface area contributed by atoms with Crippen molar-refractivity contribution in [3.05, 3.63) is 36.0 Å². The van der Waals surface area contributed by atoms with Gasteiger partial charge in [0, 0.05) is 25.3 Å². The van der Waals surface area contributed by atoms with Gasteiger partial charge in [0.15, 0.2) is 0 Å². The van der Waals surface area contributed by atoms with Gasteiger partial charge in [0.2, 0.25) is 0 Å². The van der Waals surface area contributed by atoms with Gasteiger partial charge in [-0.05, 0) is 36.3 Å². The van der Waals surface area contributed by atoms with Crippen LogP contribution in [0.3, 0.4) is 0 Å². The van der Waals surface area contributed by atoms with E-state index in [4.69, 9.17) is 0 Å². The summed E-state index contributed by atoms with van der Waals surface area (Å²) >= 11 is 0. The van der Waals surface area contributed by atoms with Crippen molar-refractivity contribution in [3.8, 4) is 0 Å². The average Bonchev–Trinajstić information content (AvgIpc) is 3.08. The monoisotopic (exact) mass is 256 g/mol. The summed E-state index contributed by atoms with van der Waals surface area (Å²) in [6, 6.07) is 9.65. The lowest BCUT2D eigenvalue weighted by Gasteiger charge is -2.13. The summed E-state index contributed by atoms with van der Waals surface area (Å²) in [7, 11) is 0. The largest absolute Gasteiger partial charge is 0.346 e. The highest BCUT2D eigenvalue weighted by Crippen LogP contribution is 2.21. The molecule has 0 aliphatic heterocycles. The second-order valence-corrected chi connectivity index (χ2v) is 5.65. The van der Waals surface area contributed by atoms with E-state index in [0.717, 1.165) is 25.6 Å². The molecule has 2 aromatic rings. The lowest BCUT2D eigenvalue weighted by Crippen LogP contribution is -2.29. The van der Waals surface area contributed by atoms with Crippen LogP contribution in [0, 0.1) is 0 Å². The number of aryl methyl sites for hydroxylation is 1. The third-order valence-electron chi connectivity index (χ3n) is 4.39. The van der Waals surface area contributed by atoms with Crippen LogP contribution < -0.4 is 5.32 Å². The van der Waals surface area contributed by atoms with Crippen molar-refractivity contribution in [1.29, 1.82) is 0 Å². The van der Waals surface area contributed by atoms with Gasteiger partial charge >= 0.3 is 0 Å². The maximum Gasteiger partial charge on any atom is 0.0513 e. The molecule has 1 aromatic heterocycles. The highest BCUT2D eigenvalue weighted by atomic mass is 15.0. The van der Waals surface area contributed by atoms with Gasteiger partial charge in [-0.15, -0.1) is 0 Å². The number of aromatic nitrogens is 1. The van der Waals surface area contributed by atoms with Gasteiger partial charge in [0.05, 0.1) is 5.52 Å². The van der Waals surface area contributed by atoms with Crippen LogP contribution in [0.15, 0.2) is 30.5 Å². The Morgan fingerprint density at radius 2 is 2.05 bits per heavy atom. The third-order valence-corrected chi connectivity index (χ3v) is 4.39. The molecule has 19 heavy (non-hydrogen) atoms. The van der Waals surface area contributed by atoms with E-state index in [9.17, 15) is 0 Å². The Hall–Kier alpha value is -1.28. The first kappa shape index (κ1) is 12.7. The summed E-state index contributed by atoms with van der Waals surface area (Å²) in [6.07, 6.45) is 8.89. The summed E-state index contributed by atoms with van der Waals surface area (Å²) in [6.45, 7) is 4.41. The second kappa shape index (κ2) is 5.79. The normalized spacial score (nSPS) is 16.5. The standard InChI is InChI=1S/C17H24N2/c1-2-14-6-5-7-15-10-12-19(17(14)15)13-11-18-16-8-3-4-9-16/h5-7,10,12,16,18H,2-4,8-9,11,13H2,1H3. The van der Waals surface area contributed by atoms with Gasteiger partial charge < -0.3 is 9.88 Å². The third kappa shape index (κ3) is 2.69. The molecule has 2 nitrogen and oxygen atoms in total. The van der Waals surface area contributed by atoms with E-state index in [1.54, 1.807) is 0 Å². The van der Waals surface area contributed by atoms with E-state index in [2.05, 4.69) is 47.3 Å². The number of benzene rings is 1. The van der Waals surface area contributed by atoms with Crippen molar-refractivity contribution >= 4 is 10.9 Å². The minimum absolute atomic E-state index is 0.771. The topological polar surface area (TPSA) is 17.0 Å². The molecule has 0 spiro atoms. The number of rotatable bonds is 5. The molecule has 0 radical (unpaired) electrons. The fraction of sp³-hybridized carbons (Fsp3) is 0.529. The van der Waals surface area contributed by atoms with Crippen LogP contribution in [0.2, 0.25) is 0 Å². The average molecular weight is 256 g/mol. The first-order chi connectivity index (χ1) is 9.38. The van der Waals surface area contributed by atoms with Crippen LogP contribution in [0.4, 0.5) is 0 Å². The van der Waals surface area contributed by atoms with Crippen molar-refractivity contribution in [2.24, 2.45) is 0 Å². The molecule has 0 bridgehead atoms. The molecule has 0 atom stereocenters. The number of fused-ring (bicyclic) bond motifs is 1. The van der Waals surface area contributed by atoms with E-state index >= 15 is 0 Å². The molecular formula is C17H24N2. The Labute approximate surface area is 115 Å². The molecule has 1 saturated carbocycles. The number of nitrogens with zero attached hydrogens (tertiary/aromatic N) is 1. The Morgan fingerprint density at radius 1 is 1.21 bits per heavy atom. The summed E-state index contributed by atoms with van der Waals surface area (Å²) in [5.41, 5.74) is 2.89. The van der Waals surface area contributed by atoms with E-state index in [1.165, 1.54) is 42.1 Å². The van der Waals surface area contributed by atoms with Crippen LogP contribution in [0.5, 0.6) is 0 Å². The Kier molecular flexibility index (Phi) is 3.88. The summed E-state index contributed by atoms with van der Waals surface area (Å²) < 4.78 is 2.41. The molecular weight excluding hydrogens is 232 g/mol. The lowest BCUT2D eigenvalue weighted by atomic mass is 10.1.